The summed E-state index contributed by atoms with van der Waals surface area (Å²) in [5.74, 6) is 0.325. The van der Waals surface area contributed by atoms with Gasteiger partial charge in [-0.15, -0.1) is 0 Å². The number of carbonyl (C=O) groups excluding carboxylic acids is 2. The number of amides is 2. The molecule has 0 atom stereocenters. The Labute approximate surface area is 159 Å². The number of alkyl carbamates (subject to hydrolysis) is 1. The Morgan fingerprint density at radius 1 is 1.19 bits per heavy atom. The average Bonchev–Trinajstić information content (AvgIpc) is 2.73. The molecule has 2 aliphatic rings. The van der Waals surface area contributed by atoms with E-state index in [4.69, 9.17) is 14.2 Å². The summed E-state index contributed by atoms with van der Waals surface area (Å²) in [5.41, 5.74) is 0.792. The quantitative estimate of drug-likeness (QED) is 0.847. The molecule has 1 aliphatic carbocycles. The van der Waals surface area contributed by atoms with E-state index in [0.29, 0.717) is 45.4 Å². The van der Waals surface area contributed by atoms with Crippen LogP contribution in [0.4, 0.5) is 9.59 Å². The molecule has 1 aromatic rings. The molecule has 2 amide bonds. The van der Waals surface area contributed by atoms with E-state index < -0.39 is 6.09 Å². The summed E-state index contributed by atoms with van der Waals surface area (Å²) in [6.07, 6.45) is 4.28. The molecular weight excluding hydrogens is 350 g/mol. The van der Waals surface area contributed by atoms with Crippen molar-refractivity contribution in [1.82, 2.24) is 15.2 Å². The first-order chi connectivity index (χ1) is 13.2. The zero-order chi connectivity index (χ0) is 18.9. The summed E-state index contributed by atoms with van der Waals surface area (Å²) >= 11 is 0. The maximum Gasteiger partial charge on any atom is 0.409 e. The van der Waals surface area contributed by atoms with E-state index in [1.807, 2.05) is 18.2 Å². The molecule has 1 saturated carbocycles. The predicted octanol–water partition coefficient (Wildman–Crippen LogP) is 2.34. The summed E-state index contributed by atoms with van der Waals surface area (Å²) in [6, 6.07) is 5.56. The van der Waals surface area contributed by atoms with Crippen molar-refractivity contribution < 1.29 is 23.8 Å². The Balaban J connectivity index is 1.29. The van der Waals surface area contributed by atoms with Crippen LogP contribution in [-0.2, 0) is 20.8 Å². The first kappa shape index (κ1) is 19.4. The van der Waals surface area contributed by atoms with E-state index in [2.05, 4.69) is 10.3 Å². The number of nitrogens with one attached hydrogen (secondary N) is 1. The first-order valence-electron chi connectivity index (χ1n) is 9.54. The molecule has 0 unspecified atom stereocenters. The molecule has 2 fully saturated rings. The highest BCUT2D eigenvalue weighted by molar-refractivity contribution is 5.68. The van der Waals surface area contributed by atoms with Gasteiger partial charge in [-0.25, -0.2) is 9.59 Å². The van der Waals surface area contributed by atoms with Crippen LogP contribution in [0, 0.1) is 5.92 Å². The number of rotatable bonds is 5. The molecule has 8 heteroatoms. The number of hydrogen-bond donors (Lipinski definition) is 1. The predicted molar refractivity (Wildman–Crippen MR) is 97.0 cm³/mol. The van der Waals surface area contributed by atoms with Crippen LogP contribution < -0.4 is 5.32 Å². The largest absolute Gasteiger partial charge is 0.449 e. The lowest BCUT2D eigenvalue weighted by Gasteiger charge is -2.30. The standard InChI is InChI=1S/C19H27N3O5/c23-18(21-13-16-3-1-2-8-20-16)27-17-6-4-15(5-7-17)14-26-19(24)22-9-11-25-12-10-22/h1-3,8,15,17H,4-7,9-14H2,(H,21,23). The third-order valence-electron chi connectivity index (χ3n) is 4.92. The summed E-state index contributed by atoms with van der Waals surface area (Å²) in [5, 5.41) is 2.73. The van der Waals surface area contributed by atoms with Gasteiger partial charge < -0.3 is 24.4 Å². The van der Waals surface area contributed by atoms with E-state index in [0.717, 1.165) is 31.4 Å². The van der Waals surface area contributed by atoms with Crippen molar-refractivity contribution in [2.75, 3.05) is 32.9 Å². The second-order valence-corrected chi connectivity index (χ2v) is 6.90. The van der Waals surface area contributed by atoms with Crippen LogP contribution in [-0.4, -0.2) is 61.1 Å². The fourth-order valence-corrected chi connectivity index (χ4v) is 3.30. The van der Waals surface area contributed by atoms with Crippen LogP contribution in [0.1, 0.15) is 31.4 Å². The second-order valence-electron chi connectivity index (χ2n) is 6.90. The van der Waals surface area contributed by atoms with Gasteiger partial charge in [-0.1, -0.05) is 6.07 Å². The third kappa shape index (κ3) is 6.39. The molecule has 148 valence electrons. The Kier molecular flexibility index (Phi) is 7.27. The van der Waals surface area contributed by atoms with E-state index in [9.17, 15) is 9.59 Å². The zero-order valence-corrected chi connectivity index (χ0v) is 15.5. The van der Waals surface area contributed by atoms with Crippen molar-refractivity contribution in [1.29, 1.82) is 0 Å². The molecule has 0 bridgehead atoms. The van der Waals surface area contributed by atoms with Crippen LogP contribution >= 0.6 is 0 Å². The molecule has 2 heterocycles. The lowest BCUT2D eigenvalue weighted by Crippen LogP contribution is -2.41. The van der Waals surface area contributed by atoms with Crippen molar-refractivity contribution in [2.24, 2.45) is 5.92 Å². The normalized spacial score (nSPS) is 22.7. The molecule has 27 heavy (non-hydrogen) atoms. The number of pyridine rings is 1. The number of ether oxygens (including phenoxy) is 3. The van der Waals surface area contributed by atoms with Gasteiger partial charge in [0, 0.05) is 19.3 Å². The smallest absolute Gasteiger partial charge is 0.409 e. The summed E-state index contributed by atoms with van der Waals surface area (Å²) in [7, 11) is 0. The highest BCUT2D eigenvalue weighted by Gasteiger charge is 2.26. The van der Waals surface area contributed by atoms with Crippen LogP contribution in [0.3, 0.4) is 0 Å². The number of aromatic nitrogens is 1. The van der Waals surface area contributed by atoms with Gasteiger partial charge in [0.1, 0.15) is 6.10 Å². The Hall–Kier alpha value is -2.35. The lowest BCUT2D eigenvalue weighted by molar-refractivity contribution is 0.0151. The minimum atomic E-state index is -0.414. The van der Waals surface area contributed by atoms with Crippen LogP contribution in [0.15, 0.2) is 24.4 Å². The highest BCUT2D eigenvalue weighted by atomic mass is 16.6. The van der Waals surface area contributed by atoms with Gasteiger partial charge in [-0.3, -0.25) is 4.98 Å². The van der Waals surface area contributed by atoms with Gasteiger partial charge in [0.25, 0.3) is 0 Å². The number of carbonyl (C=O) groups is 2. The molecule has 1 N–H and O–H groups in total. The van der Waals surface area contributed by atoms with E-state index in [-0.39, 0.29) is 12.2 Å². The molecule has 0 spiro atoms. The Morgan fingerprint density at radius 3 is 2.67 bits per heavy atom. The van der Waals surface area contributed by atoms with Crippen molar-refractivity contribution >= 4 is 12.2 Å². The van der Waals surface area contributed by atoms with Gasteiger partial charge >= 0.3 is 12.2 Å². The van der Waals surface area contributed by atoms with Crippen molar-refractivity contribution in [3.05, 3.63) is 30.1 Å². The number of nitrogens with zero attached hydrogens (tertiary/aromatic N) is 2. The minimum Gasteiger partial charge on any atom is -0.449 e. The second kappa shape index (κ2) is 10.1. The molecular formula is C19H27N3O5. The fraction of sp³-hybridized carbons (Fsp3) is 0.632. The molecule has 1 saturated heterocycles. The summed E-state index contributed by atoms with van der Waals surface area (Å²) < 4.78 is 16.1. The molecule has 0 aromatic carbocycles. The van der Waals surface area contributed by atoms with E-state index >= 15 is 0 Å². The third-order valence-corrected chi connectivity index (χ3v) is 4.92. The number of hydrogen-bond acceptors (Lipinski definition) is 6. The van der Waals surface area contributed by atoms with Gasteiger partial charge in [0.2, 0.25) is 0 Å². The monoisotopic (exact) mass is 377 g/mol. The summed E-state index contributed by atoms with van der Waals surface area (Å²) in [6.45, 7) is 3.10. The van der Waals surface area contributed by atoms with Crippen molar-refractivity contribution in [3.63, 3.8) is 0 Å². The Bertz CT molecular complexity index is 599. The molecule has 0 radical (unpaired) electrons. The maximum absolute atomic E-state index is 12.0. The fourth-order valence-electron chi connectivity index (χ4n) is 3.30. The minimum absolute atomic E-state index is 0.0834. The molecule has 3 rings (SSSR count). The first-order valence-corrected chi connectivity index (χ1v) is 9.54. The van der Waals surface area contributed by atoms with Gasteiger partial charge in [-0.05, 0) is 43.7 Å². The zero-order valence-electron chi connectivity index (χ0n) is 15.5. The summed E-state index contributed by atoms with van der Waals surface area (Å²) in [4.78, 5) is 29.8. The lowest BCUT2D eigenvalue weighted by atomic mass is 9.88. The van der Waals surface area contributed by atoms with Gasteiger partial charge in [0.15, 0.2) is 0 Å². The Morgan fingerprint density at radius 2 is 1.96 bits per heavy atom. The molecule has 1 aromatic heterocycles. The van der Waals surface area contributed by atoms with E-state index in [1.54, 1.807) is 11.1 Å². The van der Waals surface area contributed by atoms with Gasteiger partial charge in [0.05, 0.1) is 32.1 Å². The maximum atomic E-state index is 12.0. The van der Waals surface area contributed by atoms with Crippen molar-refractivity contribution in [2.45, 2.75) is 38.3 Å². The SMILES string of the molecule is O=C(NCc1ccccn1)OC1CCC(COC(=O)N2CCOCC2)CC1. The van der Waals surface area contributed by atoms with Crippen LogP contribution in [0.25, 0.3) is 0 Å². The van der Waals surface area contributed by atoms with Crippen LogP contribution in [0.5, 0.6) is 0 Å². The number of morpholine rings is 1. The van der Waals surface area contributed by atoms with Crippen molar-refractivity contribution in [3.8, 4) is 0 Å². The molecule has 8 nitrogen and oxygen atoms in total. The van der Waals surface area contributed by atoms with Gasteiger partial charge in [-0.2, -0.15) is 0 Å². The topological polar surface area (TPSA) is 90.0 Å². The average molecular weight is 377 g/mol. The van der Waals surface area contributed by atoms with Crippen LogP contribution in [0.2, 0.25) is 0 Å². The van der Waals surface area contributed by atoms with E-state index in [1.165, 1.54) is 0 Å². The molecule has 1 aliphatic heterocycles. The highest BCUT2D eigenvalue weighted by Crippen LogP contribution is 2.26.